The summed E-state index contributed by atoms with van der Waals surface area (Å²) >= 11 is 0. The van der Waals surface area contributed by atoms with Crippen LogP contribution in [0.2, 0.25) is 0 Å². The molecule has 0 aliphatic heterocycles. The SMILES string of the molecule is CCCOC(C)CCC=Cc1ccc2cc(OCc3ccccc3)ccc2c1. The molecule has 0 fully saturated rings. The average Bonchev–Trinajstić information content (AvgIpc) is 2.74. The van der Waals surface area contributed by atoms with Crippen LogP contribution in [0.1, 0.15) is 44.2 Å². The van der Waals surface area contributed by atoms with Crippen molar-refractivity contribution in [1.82, 2.24) is 0 Å². The summed E-state index contributed by atoms with van der Waals surface area (Å²) in [6.45, 7) is 5.74. The zero-order chi connectivity index (χ0) is 19.6. The molecule has 3 rings (SSSR count). The van der Waals surface area contributed by atoms with Crippen LogP contribution in [0.15, 0.2) is 72.8 Å². The van der Waals surface area contributed by atoms with Gasteiger partial charge >= 0.3 is 0 Å². The van der Waals surface area contributed by atoms with Gasteiger partial charge in [-0.05, 0) is 66.3 Å². The molecule has 0 saturated heterocycles. The van der Waals surface area contributed by atoms with Crippen LogP contribution >= 0.6 is 0 Å². The van der Waals surface area contributed by atoms with E-state index < -0.39 is 0 Å². The van der Waals surface area contributed by atoms with Crippen molar-refractivity contribution in [2.45, 2.75) is 45.8 Å². The van der Waals surface area contributed by atoms with E-state index in [2.05, 4.69) is 68.5 Å². The minimum Gasteiger partial charge on any atom is -0.489 e. The zero-order valence-electron chi connectivity index (χ0n) is 16.9. The fourth-order valence-electron chi connectivity index (χ4n) is 3.13. The number of hydrogen-bond donors (Lipinski definition) is 0. The highest BCUT2D eigenvalue weighted by Gasteiger charge is 2.01. The van der Waals surface area contributed by atoms with E-state index in [4.69, 9.17) is 9.47 Å². The minimum atomic E-state index is 0.329. The number of rotatable bonds is 10. The lowest BCUT2D eigenvalue weighted by atomic mass is 10.1. The first-order valence-corrected chi connectivity index (χ1v) is 10.2. The molecule has 0 spiro atoms. The van der Waals surface area contributed by atoms with Gasteiger partial charge in [-0.3, -0.25) is 0 Å². The maximum Gasteiger partial charge on any atom is 0.120 e. The van der Waals surface area contributed by atoms with E-state index in [0.29, 0.717) is 12.7 Å². The summed E-state index contributed by atoms with van der Waals surface area (Å²) in [5.74, 6) is 0.903. The van der Waals surface area contributed by atoms with Gasteiger partial charge in [0.1, 0.15) is 12.4 Å². The van der Waals surface area contributed by atoms with Gasteiger partial charge in [0, 0.05) is 6.61 Å². The standard InChI is InChI=1S/C26H30O2/c1-3-17-27-21(2)9-7-8-10-22-13-14-25-19-26(16-15-24(25)18-22)28-20-23-11-5-4-6-12-23/h4-6,8,10-16,18-19,21H,3,7,9,17,20H2,1-2H3. The molecule has 2 nitrogen and oxygen atoms in total. The summed E-state index contributed by atoms with van der Waals surface area (Å²) in [7, 11) is 0. The first-order valence-electron chi connectivity index (χ1n) is 10.2. The van der Waals surface area contributed by atoms with Gasteiger partial charge in [-0.1, -0.05) is 67.6 Å². The Morgan fingerprint density at radius 1 is 0.929 bits per heavy atom. The Morgan fingerprint density at radius 3 is 2.54 bits per heavy atom. The fraction of sp³-hybridized carbons (Fsp3) is 0.308. The van der Waals surface area contributed by atoms with Crippen LogP contribution in [0.3, 0.4) is 0 Å². The molecule has 0 aromatic heterocycles. The van der Waals surface area contributed by atoms with E-state index >= 15 is 0 Å². The highest BCUT2D eigenvalue weighted by atomic mass is 16.5. The minimum absolute atomic E-state index is 0.329. The Hall–Kier alpha value is -2.58. The van der Waals surface area contributed by atoms with E-state index in [1.165, 1.54) is 21.9 Å². The maximum absolute atomic E-state index is 5.93. The van der Waals surface area contributed by atoms with Crippen molar-refractivity contribution in [3.63, 3.8) is 0 Å². The number of hydrogen-bond acceptors (Lipinski definition) is 2. The number of ether oxygens (including phenoxy) is 2. The molecule has 0 N–H and O–H groups in total. The molecule has 3 aromatic rings. The molecule has 0 amide bonds. The Bertz CT molecular complexity index is 883. The lowest BCUT2D eigenvalue weighted by Crippen LogP contribution is -2.07. The summed E-state index contributed by atoms with van der Waals surface area (Å²) in [4.78, 5) is 0. The van der Waals surface area contributed by atoms with Crippen molar-refractivity contribution >= 4 is 16.8 Å². The predicted molar refractivity (Wildman–Crippen MR) is 119 cm³/mol. The molecule has 2 heteroatoms. The second-order valence-electron chi connectivity index (χ2n) is 7.20. The van der Waals surface area contributed by atoms with Crippen molar-refractivity contribution in [3.05, 3.63) is 83.9 Å². The van der Waals surface area contributed by atoms with E-state index in [-0.39, 0.29) is 0 Å². The van der Waals surface area contributed by atoms with Crippen molar-refractivity contribution in [1.29, 1.82) is 0 Å². The Labute approximate surface area is 168 Å². The molecule has 1 unspecified atom stereocenters. The molecule has 0 heterocycles. The van der Waals surface area contributed by atoms with Gasteiger partial charge in [-0.2, -0.15) is 0 Å². The molecule has 3 aromatic carbocycles. The van der Waals surface area contributed by atoms with Gasteiger partial charge in [0.2, 0.25) is 0 Å². The van der Waals surface area contributed by atoms with E-state index in [1.807, 2.05) is 24.3 Å². The van der Waals surface area contributed by atoms with Crippen LogP contribution in [-0.4, -0.2) is 12.7 Å². The third-order valence-corrected chi connectivity index (χ3v) is 4.74. The Kier molecular flexibility index (Phi) is 7.69. The first-order chi connectivity index (χ1) is 13.7. The van der Waals surface area contributed by atoms with Crippen LogP contribution in [0.25, 0.3) is 16.8 Å². The molecule has 0 aliphatic rings. The summed E-state index contributed by atoms with van der Waals surface area (Å²) in [5.41, 5.74) is 2.41. The largest absolute Gasteiger partial charge is 0.489 e. The second-order valence-corrected chi connectivity index (χ2v) is 7.20. The predicted octanol–water partition coefficient (Wildman–Crippen LogP) is 7.03. The maximum atomic E-state index is 5.93. The smallest absolute Gasteiger partial charge is 0.120 e. The second kappa shape index (κ2) is 10.7. The van der Waals surface area contributed by atoms with Gasteiger partial charge in [0.25, 0.3) is 0 Å². The van der Waals surface area contributed by atoms with Crippen molar-refractivity contribution < 1.29 is 9.47 Å². The highest BCUT2D eigenvalue weighted by Crippen LogP contribution is 2.23. The number of benzene rings is 3. The van der Waals surface area contributed by atoms with E-state index in [1.54, 1.807) is 0 Å². The summed E-state index contributed by atoms with van der Waals surface area (Å²) < 4.78 is 11.6. The number of fused-ring (bicyclic) bond motifs is 1. The normalized spacial score (nSPS) is 12.5. The molecule has 28 heavy (non-hydrogen) atoms. The van der Waals surface area contributed by atoms with Crippen LogP contribution in [-0.2, 0) is 11.3 Å². The Balaban J connectivity index is 1.56. The summed E-state index contributed by atoms with van der Waals surface area (Å²) in [5, 5.41) is 2.43. The highest BCUT2D eigenvalue weighted by molar-refractivity contribution is 5.86. The van der Waals surface area contributed by atoms with Crippen molar-refractivity contribution in [2.24, 2.45) is 0 Å². The van der Waals surface area contributed by atoms with E-state index in [0.717, 1.165) is 31.6 Å². The average molecular weight is 375 g/mol. The van der Waals surface area contributed by atoms with Gasteiger partial charge in [-0.25, -0.2) is 0 Å². The van der Waals surface area contributed by atoms with Gasteiger partial charge in [0.05, 0.1) is 6.10 Å². The monoisotopic (exact) mass is 374 g/mol. The molecule has 0 bridgehead atoms. The van der Waals surface area contributed by atoms with Crippen molar-refractivity contribution in [2.75, 3.05) is 6.61 Å². The quantitative estimate of drug-likeness (QED) is 0.379. The van der Waals surface area contributed by atoms with Crippen LogP contribution in [0.4, 0.5) is 0 Å². The lowest BCUT2D eigenvalue weighted by Gasteiger charge is -2.10. The van der Waals surface area contributed by atoms with Crippen LogP contribution in [0.5, 0.6) is 5.75 Å². The van der Waals surface area contributed by atoms with Crippen molar-refractivity contribution in [3.8, 4) is 5.75 Å². The molecule has 1 atom stereocenters. The molecule has 0 radical (unpaired) electrons. The molecular weight excluding hydrogens is 344 g/mol. The third kappa shape index (κ3) is 6.24. The van der Waals surface area contributed by atoms with Gasteiger partial charge in [-0.15, -0.1) is 0 Å². The molecule has 146 valence electrons. The summed E-state index contributed by atoms with van der Waals surface area (Å²) in [6, 6.07) is 23.1. The van der Waals surface area contributed by atoms with Gasteiger partial charge < -0.3 is 9.47 Å². The fourth-order valence-corrected chi connectivity index (χ4v) is 3.13. The zero-order valence-corrected chi connectivity index (χ0v) is 16.9. The van der Waals surface area contributed by atoms with Crippen LogP contribution in [0, 0.1) is 0 Å². The molecular formula is C26H30O2. The molecule has 0 aliphatic carbocycles. The Morgan fingerprint density at radius 2 is 1.71 bits per heavy atom. The lowest BCUT2D eigenvalue weighted by molar-refractivity contribution is 0.0615. The van der Waals surface area contributed by atoms with Crippen LogP contribution < -0.4 is 4.74 Å². The molecule has 0 saturated carbocycles. The van der Waals surface area contributed by atoms with Gasteiger partial charge in [0.15, 0.2) is 0 Å². The number of allylic oxidation sites excluding steroid dienone is 1. The first kappa shape index (κ1) is 20.2. The van der Waals surface area contributed by atoms with E-state index in [9.17, 15) is 0 Å². The third-order valence-electron chi connectivity index (χ3n) is 4.74. The topological polar surface area (TPSA) is 18.5 Å². The summed E-state index contributed by atoms with van der Waals surface area (Å²) in [6.07, 6.45) is 7.95.